The molecule has 0 aliphatic carbocycles. The molecule has 6 nitrogen and oxygen atoms in total. The zero-order chi connectivity index (χ0) is 22.3. The van der Waals surface area contributed by atoms with Crippen LogP contribution in [0.2, 0.25) is 0 Å². The maximum Gasteiger partial charge on any atom is 0.267 e. The van der Waals surface area contributed by atoms with E-state index in [1.54, 1.807) is 11.8 Å². The Hall–Kier alpha value is -3.80. The second kappa shape index (κ2) is 10.0. The van der Waals surface area contributed by atoms with E-state index in [1.165, 1.54) is 0 Å². The van der Waals surface area contributed by atoms with Crippen molar-refractivity contribution >= 4 is 17.5 Å². The van der Waals surface area contributed by atoms with Crippen LogP contribution in [0.4, 0.5) is 5.69 Å². The van der Waals surface area contributed by atoms with Gasteiger partial charge in [0.25, 0.3) is 5.91 Å². The highest BCUT2D eigenvalue weighted by molar-refractivity contribution is 6.00. The SMILES string of the molecule is C[C@@H]1Oc2ccccc2N(CCC(=O)NCc2cccc(COc3ccccc3)c2)C1=O. The molecule has 0 fully saturated rings. The van der Waals surface area contributed by atoms with Gasteiger partial charge in [-0.3, -0.25) is 9.59 Å². The highest BCUT2D eigenvalue weighted by Gasteiger charge is 2.31. The topological polar surface area (TPSA) is 67.9 Å². The Kier molecular flexibility index (Phi) is 6.70. The molecule has 0 aromatic heterocycles. The third-order valence-corrected chi connectivity index (χ3v) is 5.27. The summed E-state index contributed by atoms with van der Waals surface area (Å²) in [5.41, 5.74) is 2.73. The van der Waals surface area contributed by atoms with Crippen LogP contribution in [0.3, 0.4) is 0 Å². The number of fused-ring (bicyclic) bond motifs is 1. The molecule has 1 aliphatic rings. The second-order valence-electron chi connectivity index (χ2n) is 7.67. The van der Waals surface area contributed by atoms with Crippen molar-refractivity contribution in [1.82, 2.24) is 5.32 Å². The van der Waals surface area contributed by atoms with Crippen molar-refractivity contribution in [1.29, 1.82) is 0 Å². The first kappa shape index (κ1) is 21.4. The monoisotopic (exact) mass is 430 g/mol. The van der Waals surface area contributed by atoms with Gasteiger partial charge in [0.1, 0.15) is 18.1 Å². The number of para-hydroxylation sites is 3. The van der Waals surface area contributed by atoms with Gasteiger partial charge in [-0.25, -0.2) is 0 Å². The highest BCUT2D eigenvalue weighted by atomic mass is 16.5. The van der Waals surface area contributed by atoms with Gasteiger partial charge >= 0.3 is 0 Å². The van der Waals surface area contributed by atoms with E-state index in [4.69, 9.17) is 9.47 Å². The van der Waals surface area contributed by atoms with Crippen molar-refractivity contribution in [2.75, 3.05) is 11.4 Å². The van der Waals surface area contributed by atoms with E-state index in [0.29, 0.717) is 31.1 Å². The summed E-state index contributed by atoms with van der Waals surface area (Å²) in [7, 11) is 0. The molecule has 6 heteroatoms. The quantitative estimate of drug-likeness (QED) is 0.585. The van der Waals surface area contributed by atoms with Crippen LogP contribution in [0.15, 0.2) is 78.9 Å². The molecule has 3 aromatic carbocycles. The summed E-state index contributed by atoms with van der Waals surface area (Å²) in [4.78, 5) is 26.6. The fourth-order valence-electron chi connectivity index (χ4n) is 3.60. The molecular weight excluding hydrogens is 404 g/mol. The molecule has 2 amide bonds. The van der Waals surface area contributed by atoms with Crippen LogP contribution >= 0.6 is 0 Å². The number of amides is 2. The molecule has 0 unspecified atom stereocenters. The Morgan fingerprint density at radius 1 is 1.00 bits per heavy atom. The van der Waals surface area contributed by atoms with Gasteiger partial charge in [0.15, 0.2) is 6.10 Å². The molecule has 1 atom stereocenters. The third-order valence-electron chi connectivity index (χ3n) is 5.27. The van der Waals surface area contributed by atoms with E-state index in [9.17, 15) is 9.59 Å². The smallest absolute Gasteiger partial charge is 0.267 e. The Balaban J connectivity index is 1.29. The third kappa shape index (κ3) is 5.27. The maximum absolute atomic E-state index is 12.5. The number of hydrogen-bond donors (Lipinski definition) is 1. The number of hydrogen-bond acceptors (Lipinski definition) is 4. The molecule has 164 valence electrons. The first-order valence-corrected chi connectivity index (χ1v) is 10.7. The summed E-state index contributed by atoms with van der Waals surface area (Å²) in [6, 6.07) is 25.0. The van der Waals surface area contributed by atoms with Gasteiger partial charge in [0.2, 0.25) is 5.91 Å². The first-order chi connectivity index (χ1) is 15.6. The molecule has 0 spiro atoms. The number of nitrogens with zero attached hydrogens (tertiary/aromatic N) is 1. The summed E-state index contributed by atoms with van der Waals surface area (Å²) in [6.45, 7) is 2.91. The van der Waals surface area contributed by atoms with E-state index >= 15 is 0 Å². The Labute approximate surface area is 187 Å². The fourth-order valence-corrected chi connectivity index (χ4v) is 3.60. The van der Waals surface area contributed by atoms with E-state index in [2.05, 4.69) is 5.32 Å². The standard InChI is InChI=1S/C26H26N2O4/c1-19-26(30)28(23-12-5-6-13-24(23)32-19)15-14-25(29)27-17-20-8-7-9-21(16-20)18-31-22-10-3-2-4-11-22/h2-13,16,19H,14-15,17-18H2,1H3,(H,27,29)/t19-/m0/s1. The van der Waals surface area contributed by atoms with Gasteiger partial charge < -0.3 is 19.7 Å². The van der Waals surface area contributed by atoms with Crippen molar-refractivity contribution in [2.24, 2.45) is 0 Å². The lowest BCUT2D eigenvalue weighted by Gasteiger charge is -2.32. The Morgan fingerprint density at radius 3 is 2.59 bits per heavy atom. The van der Waals surface area contributed by atoms with Crippen molar-refractivity contribution in [3.05, 3.63) is 90.0 Å². The van der Waals surface area contributed by atoms with Gasteiger partial charge in [0, 0.05) is 19.5 Å². The van der Waals surface area contributed by atoms with E-state index in [1.807, 2.05) is 78.9 Å². The lowest BCUT2D eigenvalue weighted by Crippen LogP contribution is -2.45. The summed E-state index contributed by atoms with van der Waals surface area (Å²) in [5, 5.41) is 2.94. The van der Waals surface area contributed by atoms with Crippen molar-refractivity contribution < 1.29 is 19.1 Å². The summed E-state index contributed by atoms with van der Waals surface area (Å²) in [5.74, 6) is 1.23. The summed E-state index contributed by atoms with van der Waals surface area (Å²) in [6.07, 6.45) is -0.349. The zero-order valence-corrected chi connectivity index (χ0v) is 18.0. The molecule has 0 bridgehead atoms. The number of benzene rings is 3. The molecule has 4 rings (SSSR count). The van der Waals surface area contributed by atoms with E-state index in [0.717, 1.165) is 16.9 Å². The zero-order valence-electron chi connectivity index (χ0n) is 18.0. The van der Waals surface area contributed by atoms with Crippen molar-refractivity contribution in [2.45, 2.75) is 32.6 Å². The Morgan fingerprint density at radius 2 is 1.75 bits per heavy atom. The number of anilines is 1. The van der Waals surface area contributed by atoms with Gasteiger partial charge in [-0.2, -0.15) is 0 Å². The molecule has 1 aliphatic heterocycles. The average Bonchev–Trinajstić information content (AvgIpc) is 2.83. The predicted molar refractivity (Wildman–Crippen MR) is 123 cm³/mol. The van der Waals surface area contributed by atoms with Crippen LogP contribution in [0.5, 0.6) is 11.5 Å². The lowest BCUT2D eigenvalue weighted by atomic mass is 10.1. The molecule has 1 heterocycles. The summed E-state index contributed by atoms with van der Waals surface area (Å²) >= 11 is 0. The second-order valence-corrected chi connectivity index (χ2v) is 7.67. The fraction of sp³-hybridized carbons (Fsp3) is 0.231. The minimum absolute atomic E-state index is 0.111. The van der Waals surface area contributed by atoms with Crippen LogP contribution in [0, 0.1) is 0 Å². The van der Waals surface area contributed by atoms with Crippen molar-refractivity contribution in [3.8, 4) is 11.5 Å². The van der Waals surface area contributed by atoms with Crippen LogP contribution in [-0.2, 0) is 22.7 Å². The highest BCUT2D eigenvalue weighted by Crippen LogP contribution is 2.33. The predicted octanol–water partition coefficient (Wildman–Crippen LogP) is 4.09. The number of ether oxygens (including phenoxy) is 2. The van der Waals surface area contributed by atoms with Crippen LogP contribution in [0.1, 0.15) is 24.5 Å². The van der Waals surface area contributed by atoms with Gasteiger partial charge in [-0.15, -0.1) is 0 Å². The normalized spacial score (nSPS) is 15.0. The first-order valence-electron chi connectivity index (χ1n) is 10.7. The number of rotatable bonds is 8. The van der Waals surface area contributed by atoms with E-state index in [-0.39, 0.29) is 18.2 Å². The van der Waals surface area contributed by atoms with Gasteiger partial charge in [-0.05, 0) is 42.3 Å². The Bertz CT molecular complexity index is 1080. The van der Waals surface area contributed by atoms with Gasteiger partial charge in [-0.1, -0.05) is 54.6 Å². The van der Waals surface area contributed by atoms with Crippen LogP contribution in [-0.4, -0.2) is 24.5 Å². The number of nitrogens with one attached hydrogen (secondary N) is 1. The van der Waals surface area contributed by atoms with Crippen LogP contribution < -0.4 is 19.7 Å². The molecule has 3 aromatic rings. The van der Waals surface area contributed by atoms with Crippen molar-refractivity contribution in [3.63, 3.8) is 0 Å². The molecule has 32 heavy (non-hydrogen) atoms. The molecule has 0 saturated heterocycles. The minimum atomic E-state index is -0.561. The molecule has 0 radical (unpaired) electrons. The molecule has 0 saturated carbocycles. The molecular formula is C26H26N2O4. The number of carbonyl (C=O) groups is 2. The number of carbonyl (C=O) groups excluding carboxylic acids is 2. The minimum Gasteiger partial charge on any atom is -0.489 e. The lowest BCUT2D eigenvalue weighted by molar-refractivity contribution is -0.125. The van der Waals surface area contributed by atoms with Gasteiger partial charge in [0.05, 0.1) is 5.69 Å². The van der Waals surface area contributed by atoms with Crippen LogP contribution in [0.25, 0.3) is 0 Å². The molecule has 1 N–H and O–H groups in total. The largest absolute Gasteiger partial charge is 0.489 e. The maximum atomic E-state index is 12.5. The van der Waals surface area contributed by atoms with E-state index < -0.39 is 6.10 Å². The average molecular weight is 431 g/mol. The summed E-state index contributed by atoms with van der Waals surface area (Å²) < 4.78 is 11.4.